The smallest absolute Gasteiger partial charge is 0.0914 e. The fraction of sp³-hybridized carbons (Fsp3) is 0.588. The Morgan fingerprint density at radius 1 is 1.40 bits per heavy atom. The molecule has 3 heteroatoms. The Kier molecular flexibility index (Phi) is 6.02. The molecule has 1 saturated heterocycles. The van der Waals surface area contributed by atoms with E-state index in [-0.39, 0.29) is 0 Å². The average molecular weight is 276 g/mol. The Morgan fingerprint density at radius 2 is 2.15 bits per heavy atom. The van der Waals surface area contributed by atoms with Crippen LogP contribution in [-0.4, -0.2) is 37.7 Å². The molecule has 3 nitrogen and oxygen atoms in total. The van der Waals surface area contributed by atoms with Gasteiger partial charge in [-0.3, -0.25) is 4.90 Å². The summed E-state index contributed by atoms with van der Waals surface area (Å²) >= 11 is 0. The van der Waals surface area contributed by atoms with Gasteiger partial charge in [-0.05, 0) is 19.4 Å². The van der Waals surface area contributed by atoms with Crippen molar-refractivity contribution in [2.24, 2.45) is 5.92 Å². The molecule has 0 radical (unpaired) electrons. The largest absolute Gasteiger partial charge is 0.472 e. The maximum absolute atomic E-state index is 5.35. The zero-order chi connectivity index (χ0) is 14.4. The number of hydrogen-bond acceptors (Lipinski definition) is 2. The highest BCUT2D eigenvalue weighted by molar-refractivity contribution is 5.17. The van der Waals surface area contributed by atoms with Crippen molar-refractivity contribution in [1.29, 1.82) is 0 Å². The van der Waals surface area contributed by atoms with Gasteiger partial charge in [0, 0.05) is 31.2 Å². The monoisotopic (exact) mass is 276 g/mol. The van der Waals surface area contributed by atoms with Gasteiger partial charge in [0.25, 0.3) is 0 Å². The number of methoxy groups -OCH3 is 1. The van der Waals surface area contributed by atoms with E-state index in [0.717, 1.165) is 13.2 Å². The van der Waals surface area contributed by atoms with E-state index in [1.165, 1.54) is 24.9 Å². The Morgan fingerprint density at radius 3 is 2.80 bits per heavy atom. The molecule has 0 aliphatic carbocycles. The Hall–Kier alpha value is -0.900. The van der Waals surface area contributed by atoms with Crippen LogP contribution in [-0.2, 0) is 4.74 Å². The standard InChI is InChI=1S/C17H28N2O/c1-14(12-19-11-7-10-16(19)13-20-3)17(18-2)15-8-5-4-6-9-15/h4-6,8-9,14,16-17H,2,7,10-13,18H2,1,3H3/t14-,16+,17+/m0/s1. The van der Waals surface area contributed by atoms with Gasteiger partial charge in [0.1, 0.15) is 0 Å². The number of quaternary nitrogens is 1. The molecule has 2 N–H and O–H groups in total. The van der Waals surface area contributed by atoms with Crippen molar-refractivity contribution in [2.45, 2.75) is 31.8 Å². The van der Waals surface area contributed by atoms with Gasteiger partial charge < -0.3 is 10.1 Å². The van der Waals surface area contributed by atoms with Gasteiger partial charge in [0.15, 0.2) is 0 Å². The normalized spacial score (nSPS) is 22.9. The van der Waals surface area contributed by atoms with Gasteiger partial charge in [0.05, 0.1) is 12.6 Å². The molecule has 1 fully saturated rings. The lowest BCUT2D eigenvalue weighted by Gasteiger charge is -2.31. The molecule has 0 bridgehead atoms. The molecule has 0 saturated carbocycles. The van der Waals surface area contributed by atoms with E-state index in [0.29, 0.717) is 18.0 Å². The minimum atomic E-state index is 0.431. The maximum atomic E-state index is 5.35. The van der Waals surface area contributed by atoms with Crippen LogP contribution in [0.1, 0.15) is 31.4 Å². The van der Waals surface area contributed by atoms with Gasteiger partial charge in [0.2, 0.25) is 0 Å². The zero-order valence-corrected chi connectivity index (χ0v) is 12.8. The first-order valence-corrected chi connectivity index (χ1v) is 7.66. The predicted octanol–water partition coefficient (Wildman–Crippen LogP) is 1.83. The van der Waals surface area contributed by atoms with Gasteiger partial charge in [-0.1, -0.05) is 37.3 Å². The summed E-state index contributed by atoms with van der Waals surface area (Å²) in [7, 11) is 5.85. The summed E-state index contributed by atoms with van der Waals surface area (Å²) in [4.78, 5) is 2.59. The summed E-state index contributed by atoms with van der Waals surface area (Å²) < 4.78 is 5.35. The minimum Gasteiger partial charge on any atom is -0.472 e. The second-order valence-corrected chi connectivity index (χ2v) is 5.90. The fourth-order valence-corrected chi connectivity index (χ4v) is 3.37. The fourth-order valence-electron chi connectivity index (χ4n) is 3.37. The van der Waals surface area contributed by atoms with Crippen LogP contribution >= 0.6 is 0 Å². The van der Waals surface area contributed by atoms with Crippen molar-refractivity contribution >= 4 is 0 Å². The lowest BCUT2D eigenvalue weighted by atomic mass is 9.94. The number of nitrogens with two attached hydrogens (primary N) is 1. The van der Waals surface area contributed by atoms with Gasteiger partial charge >= 0.3 is 0 Å². The van der Waals surface area contributed by atoms with Crippen LogP contribution in [0, 0.1) is 13.0 Å². The summed E-state index contributed by atoms with van der Waals surface area (Å²) in [6, 6.07) is 11.7. The number of benzene rings is 1. The van der Waals surface area contributed by atoms with E-state index in [1.54, 1.807) is 7.11 Å². The van der Waals surface area contributed by atoms with Gasteiger partial charge in [-0.2, -0.15) is 7.05 Å². The second-order valence-electron chi connectivity index (χ2n) is 5.90. The maximum Gasteiger partial charge on any atom is 0.0914 e. The summed E-state index contributed by atoms with van der Waals surface area (Å²) in [5.74, 6) is 0.576. The van der Waals surface area contributed by atoms with Crippen molar-refractivity contribution in [3.63, 3.8) is 0 Å². The molecule has 1 aromatic carbocycles. The first-order chi connectivity index (χ1) is 9.76. The number of likely N-dealkylation sites (tertiary alicyclic amines) is 1. The molecule has 0 amide bonds. The molecule has 112 valence electrons. The van der Waals surface area contributed by atoms with Crippen LogP contribution in [0.4, 0.5) is 0 Å². The SMILES string of the molecule is [CH2-][NH2+][C@@H](c1ccccc1)[C@@H](C)CN1CCC[C@@H]1COC. The number of rotatable bonds is 7. The Balaban J connectivity index is 1.97. The second kappa shape index (κ2) is 7.77. The van der Waals surface area contributed by atoms with E-state index in [2.05, 4.69) is 54.5 Å². The third-order valence-electron chi connectivity index (χ3n) is 4.43. The summed E-state index contributed by atoms with van der Waals surface area (Å²) in [6.45, 7) is 5.52. The van der Waals surface area contributed by atoms with Gasteiger partial charge in [-0.25, -0.2) is 0 Å². The predicted molar refractivity (Wildman–Crippen MR) is 82.1 cm³/mol. The molecular formula is C17H28N2O. The molecule has 3 atom stereocenters. The highest BCUT2D eigenvalue weighted by Gasteiger charge is 2.28. The number of hydrogen-bond donors (Lipinski definition) is 1. The highest BCUT2D eigenvalue weighted by atomic mass is 16.5. The van der Waals surface area contributed by atoms with Crippen LogP contribution in [0.5, 0.6) is 0 Å². The van der Waals surface area contributed by atoms with E-state index >= 15 is 0 Å². The molecule has 0 aromatic heterocycles. The van der Waals surface area contributed by atoms with Crippen LogP contribution < -0.4 is 5.32 Å². The molecule has 1 heterocycles. The van der Waals surface area contributed by atoms with Crippen molar-refractivity contribution < 1.29 is 10.1 Å². The summed E-state index contributed by atoms with van der Waals surface area (Å²) in [5.41, 5.74) is 1.37. The lowest BCUT2D eigenvalue weighted by Crippen LogP contribution is -2.80. The van der Waals surface area contributed by atoms with E-state index in [4.69, 9.17) is 4.74 Å². The van der Waals surface area contributed by atoms with Crippen LogP contribution in [0.15, 0.2) is 30.3 Å². The third-order valence-corrected chi connectivity index (χ3v) is 4.43. The third kappa shape index (κ3) is 3.81. The average Bonchev–Trinajstić information content (AvgIpc) is 2.88. The Bertz CT molecular complexity index is 382. The topological polar surface area (TPSA) is 29.1 Å². The molecule has 1 aliphatic heterocycles. The molecule has 0 unspecified atom stereocenters. The van der Waals surface area contributed by atoms with E-state index < -0.39 is 0 Å². The van der Waals surface area contributed by atoms with Crippen LogP contribution in [0.2, 0.25) is 0 Å². The molecule has 1 aliphatic rings. The van der Waals surface area contributed by atoms with Crippen LogP contribution in [0.25, 0.3) is 0 Å². The van der Waals surface area contributed by atoms with Crippen molar-refractivity contribution in [1.82, 2.24) is 4.90 Å². The summed E-state index contributed by atoms with van der Waals surface area (Å²) in [6.07, 6.45) is 2.56. The molecule has 0 spiro atoms. The van der Waals surface area contributed by atoms with E-state index in [9.17, 15) is 0 Å². The summed E-state index contributed by atoms with van der Waals surface area (Å²) in [5, 5.41) is 2.10. The van der Waals surface area contributed by atoms with Crippen LogP contribution in [0.3, 0.4) is 0 Å². The quantitative estimate of drug-likeness (QED) is 0.770. The first-order valence-electron chi connectivity index (χ1n) is 7.66. The Labute approximate surface area is 123 Å². The van der Waals surface area contributed by atoms with Gasteiger partial charge in [-0.15, -0.1) is 0 Å². The molecule has 1 aromatic rings. The zero-order valence-electron chi connectivity index (χ0n) is 12.8. The van der Waals surface area contributed by atoms with Crippen molar-refractivity contribution in [3.05, 3.63) is 42.9 Å². The number of ether oxygens (including phenoxy) is 1. The minimum absolute atomic E-state index is 0.431. The molecule has 2 rings (SSSR count). The van der Waals surface area contributed by atoms with Crippen molar-refractivity contribution in [2.75, 3.05) is 26.8 Å². The van der Waals surface area contributed by atoms with Crippen molar-refractivity contribution in [3.8, 4) is 0 Å². The molecular weight excluding hydrogens is 248 g/mol. The highest BCUT2D eigenvalue weighted by Crippen LogP contribution is 2.24. The lowest BCUT2D eigenvalue weighted by molar-refractivity contribution is -0.648. The number of nitrogens with zero attached hydrogens (tertiary/aromatic N) is 1. The molecule has 20 heavy (non-hydrogen) atoms. The van der Waals surface area contributed by atoms with E-state index in [1.807, 2.05) is 0 Å². The first kappa shape index (κ1) is 15.5.